The van der Waals surface area contributed by atoms with E-state index < -0.39 is 0 Å². The zero-order valence-electron chi connectivity index (χ0n) is 17.4. The molecule has 0 bridgehead atoms. The lowest BCUT2D eigenvalue weighted by Gasteiger charge is -2.41. The van der Waals surface area contributed by atoms with Crippen LogP contribution in [0.25, 0.3) is 10.9 Å². The minimum absolute atomic E-state index is 0.0404. The molecule has 0 unspecified atom stereocenters. The van der Waals surface area contributed by atoms with Crippen LogP contribution in [0.15, 0.2) is 53.3 Å². The van der Waals surface area contributed by atoms with Crippen LogP contribution in [-0.2, 0) is 13.0 Å². The average molecular weight is 404 g/mol. The molecule has 30 heavy (non-hydrogen) atoms. The fourth-order valence-electron chi connectivity index (χ4n) is 5.02. The molecule has 156 valence electrons. The second-order valence-corrected chi connectivity index (χ2v) is 8.47. The van der Waals surface area contributed by atoms with Gasteiger partial charge in [-0.25, -0.2) is 4.68 Å². The molecule has 0 amide bonds. The molecule has 1 aliphatic carbocycles. The Kier molecular flexibility index (Phi) is 5.60. The van der Waals surface area contributed by atoms with Crippen LogP contribution in [0.2, 0.25) is 0 Å². The maximum absolute atomic E-state index is 12.6. The molecule has 0 N–H and O–H groups in total. The van der Waals surface area contributed by atoms with Gasteiger partial charge in [0.1, 0.15) is 5.52 Å². The van der Waals surface area contributed by atoms with E-state index in [1.165, 1.54) is 29.5 Å². The van der Waals surface area contributed by atoms with Gasteiger partial charge in [0, 0.05) is 45.3 Å². The van der Waals surface area contributed by atoms with Crippen LogP contribution >= 0.6 is 0 Å². The first-order valence-electron chi connectivity index (χ1n) is 11.2. The monoisotopic (exact) mass is 403 g/mol. The van der Waals surface area contributed by atoms with Crippen LogP contribution in [0.5, 0.6) is 0 Å². The summed E-state index contributed by atoms with van der Waals surface area (Å²) in [6, 6.07) is 17.0. The first kappa shape index (κ1) is 19.4. The summed E-state index contributed by atoms with van der Waals surface area (Å²) < 4.78 is 1.51. The summed E-state index contributed by atoms with van der Waals surface area (Å²) in [5.74, 6) is 0. The highest BCUT2D eigenvalue weighted by atomic mass is 16.1. The molecule has 0 radical (unpaired) electrons. The lowest BCUT2D eigenvalue weighted by Crippen LogP contribution is -2.48. The van der Waals surface area contributed by atoms with Gasteiger partial charge < -0.3 is 4.90 Å². The molecule has 0 saturated carbocycles. The van der Waals surface area contributed by atoms with Crippen LogP contribution in [0.4, 0.5) is 0 Å². The summed E-state index contributed by atoms with van der Waals surface area (Å²) in [6.07, 6.45) is 4.72. The van der Waals surface area contributed by atoms with Crippen LogP contribution in [0.3, 0.4) is 0 Å². The van der Waals surface area contributed by atoms with Gasteiger partial charge in [-0.2, -0.15) is 0 Å². The molecular weight excluding hydrogens is 374 g/mol. The van der Waals surface area contributed by atoms with Gasteiger partial charge in [0.2, 0.25) is 0 Å². The van der Waals surface area contributed by atoms with Crippen molar-refractivity contribution in [1.29, 1.82) is 0 Å². The van der Waals surface area contributed by atoms with Crippen LogP contribution in [0.1, 0.15) is 36.4 Å². The molecule has 1 aliphatic heterocycles. The summed E-state index contributed by atoms with van der Waals surface area (Å²) in [5, 5.41) is 8.94. The van der Waals surface area contributed by atoms with Crippen molar-refractivity contribution in [2.45, 2.75) is 38.3 Å². The maximum atomic E-state index is 12.6. The zero-order chi connectivity index (χ0) is 20.3. The van der Waals surface area contributed by atoms with E-state index >= 15 is 0 Å². The third-order valence-electron chi connectivity index (χ3n) is 6.66. The molecule has 1 aromatic heterocycles. The van der Waals surface area contributed by atoms with Gasteiger partial charge in [-0.1, -0.05) is 41.6 Å². The lowest BCUT2D eigenvalue weighted by atomic mass is 9.86. The summed E-state index contributed by atoms with van der Waals surface area (Å²) in [5.41, 5.74) is 3.71. The number of benzene rings is 2. The number of rotatable bonds is 5. The van der Waals surface area contributed by atoms with E-state index in [9.17, 15) is 4.79 Å². The number of piperazine rings is 1. The Hall–Kier alpha value is -2.57. The largest absolute Gasteiger partial charge is 0.301 e. The topological polar surface area (TPSA) is 54.3 Å². The number of aromatic nitrogens is 3. The van der Waals surface area contributed by atoms with Crippen molar-refractivity contribution in [3.05, 3.63) is 70.0 Å². The summed E-state index contributed by atoms with van der Waals surface area (Å²) in [4.78, 5) is 17.8. The van der Waals surface area contributed by atoms with Gasteiger partial charge in [-0.15, -0.1) is 5.10 Å². The van der Waals surface area contributed by atoms with Crippen LogP contribution in [-0.4, -0.2) is 57.5 Å². The molecule has 6 nitrogen and oxygen atoms in total. The predicted molar refractivity (Wildman–Crippen MR) is 119 cm³/mol. The lowest BCUT2D eigenvalue weighted by molar-refractivity contribution is 0.0865. The molecule has 1 fully saturated rings. The summed E-state index contributed by atoms with van der Waals surface area (Å²) >= 11 is 0. The molecule has 2 aromatic carbocycles. The zero-order valence-corrected chi connectivity index (χ0v) is 17.4. The van der Waals surface area contributed by atoms with Crippen LogP contribution < -0.4 is 5.56 Å². The van der Waals surface area contributed by atoms with Crippen molar-refractivity contribution < 1.29 is 0 Å². The Labute approximate surface area is 177 Å². The normalized spacial score (nSPS) is 20.3. The maximum Gasteiger partial charge on any atom is 0.277 e. The van der Waals surface area contributed by atoms with E-state index in [0.29, 0.717) is 23.5 Å². The predicted octanol–water partition coefficient (Wildman–Crippen LogP) is 2.88. The van der Waals surface area contributed by atoms with Crippen LogP contribution in [0, 0.1) is 0 Å². The highest BCUT2D eigenvalue weighted by Gasteiger charge is 2.28. The van der Waals surface area contributed by atoms with Gasteiger partial charge >= 0.3 is 0 Å². The Balaban J connectivity index is 1.14. The van der Waals surface area contributed by atoms with Gasteiger partial charge in [0.15, 0.2) is 0 Å². The smallest absolute Gasteiger partial charge is 0.277 e. The minimum atomic E-state index is -0.0404. The Morgan fingerprint density at radius 1 is 0.933 bits per heavy atom. The second kappa shape index (κ2) is 8.66. The molecule has 1 saturated heterocycles. The quantitative estimate of drug-likeness (QED) is 0.656. The van der Waals surface area contributed by atoms with Crippen molar-refractivity contribution in [1.82, 2.24) is 24.8 Å². The molecule has 1 atom stereocenters. The molecule has 2 aliphatic rings. The Morgan fingerprint density at radius 2 is 1.73 bits per heavy atom. The van der Waals surface area contributed by atoms with Gasteiger partial charge in [-0.05, 0) is 48.9 Å². The van der Waals surface area contributed by atoms with Crippen molar-refractivity contribution >= 4 is 10.9 Å². The molecule has 2 heterocycles. The SMILES string of the molecule is O=c1c2ccccc2nnn1CCCN1CCN([C@H]2CCCc3ccccc32)CC1. The molecule has 5 rings (SSSR count). The number of aryl methyl sites for hydroxylation is 2. The fourth-order valence-corrected chi connectivity index (χ4v) is 5.02. The number of fused-ring (bicyclic) bond motifs is 2. The molecule has 6 heteroatoms. The van der Waals surface area contributed by atoms with Gasteiger partial charge in [0.05, 0.1) is 5.39 Å². The standard InChI is InChI=1S/C24H29N5O/c30-24-21-10-3-4-11-22(21)25-26-29(24)14-6-13-27-15-17-28(18-16-27)23-12-5-8-19-7-1-2-9-20(19)23/h1-4,7,9-11,23H,5-6,8,12-18H2/t23-/m0/s1. The number of nitrogens with zero attached hydrogens (tertiary/aromatic N) is 5. The first-order chi connectivity index (χ1) is 14.8. The van der Waals surface area contributed by atoms with Gasteiger partial charge in [0.25, 0.3) is 5.56 Å². The third kappa shape index (κ3) is 3.89. The Morgan fingerprint density at radius 3 is 2.63 bits per heavy atom. The Bertz CT molecular complexity index is 1070. The van der Waals surface area contributed by atoms with E-state index in [2.05, 4.69) is 44.4 Å². The van der Waals surface area contributed by atoms with Crippen molar-refractivity contribution in [2.75, 3.05) is 32.7 Å². The highest BCUT2D eigenvalue weighted by molar-refractivity contribution is 5.76. The van der Waals surface area contributed by atoms with E-state index in [0.717, 1.165) is 39.1 Å². The first-order valence-corrected chi connectivity index (χ1v) is 11.2. The van der Waals surface area contributed by atoms with E-state index in [4.69, 9.17) is 0 Å². The number of hydrogen-bond donors (Lipinski definition) is 0. The van der Waals surface area contributed by atoms with E-state index in [1.54, 1.807) is 5.56 Å². The van der Waals surface area contributed by atoms with Crippen molar-refractivity contribution in [3.63, 3.8) is 0 Å². The van der Waals surface area contributed by atoms with E-state index in [1.807, 2.05) is 24.3 Å². The average Bonchev–Trinajstić information content (AvgIpc) is 2.81. The van der Waals surface area contributed by atoms with Crippen molar-refractivity contribution in [2.24, 2.45) is 0 Å². The minimum Gasteiger partial charge on any atom is -0.301 e. The van der Waals surface area contributed by atoms with Crippen molar-refractivity contribution in [3.8, 4) is 0 Å². The third-order valence-corrected chi connectivity index (χ3v) is 6.66. The second-order valence-electron chi connectivity index (χ2n) is 8.47. The fraction of sp³-hybridized carbons (Fsp3) is 0.458. The summed E-state index contributed by atoms with van der Waals surface area (Å²) in [6.45, 7) is 6.04. The van der Waals surface area contributed by atoms with Gasteiger partial charge in [-0.3, -0.25) is 9.69 Å². The molecule has 0 spiro atoms. The number of hydrogen-bond acceptors (Lipinski definition) is 5. The highest BCUT2D eigenvalue weighted by Crippen LogP contribution is 2.34. The van der Waals surface area contributed by atoms with E-state index in [-0.39, 0.29) is 5.56 Å². The summed E-state index contributed by atoms with van der Waals surface area (Å²) in [7, 11) is 0. The molecular formula is C24H29N5O. The molecule has 3 aromatic rings.